The molecule has 1 aliphatic carbocycles. The van der Waals surface area contributed by atoms with Crippen molar-refractivity contribution in [3.05, 3.63) is 24.3 Å². The molecule has 4 nitrogen and oxygen atoms in total. The van der Waals surface area contributed by atoms with Crippen molar-refractivity contribution in [2.24, 2.45) is 0 Å². The summed E-state index contributed by atoms with van der Waals surface area (Å²) in [5, 5.41) is 13.3. The van der Waals surface area contributed by atoms with Gasteiger partial charge in [0.05, 0.1) is 11.3 Å². The first-order valence-corrected chi connectivity index (χ1v) is 5.47. The second-order valence-electron chi connectivity index (χ2n) is 4.24. The summed E-state index contributed by atoms with van der Waals surface area (Å²) < 4.78 is 0. The van der Waals surface area contributed by atoms with Crippen LogP contribution >= 0.6 is 0 Å². The lowest BCUT2D eigenvalue weighted by atomic mass is 10.0. The van der Waals surface area contributed by atoms with Crippen LogP contribution in [0.4, 0.5) is 0 Å². The van der Waals surface area contributed by atoms with Crippen molar-refractivity contribution in [3.63, 3.8) is 0 Å². The zero-order chi connectivity index (χ0) is 10.6. The van der Waals surface area contributed by atoms with Crippen molar-refractivity contribution in [2.75, 3.05) is 6.54 Å². The topological polar surface area (TPSA) is 58.0 Å². The molecule has 0 bridgehead atoms. The highest BCUT2D eigenvalue weighted by Gasteiger charge is 2.30. The lowest BCUT2D eigenvalue weighted by Gasteiger charge is -2.22. The van der Waals surface area contributed by atoms with Crippen LogP contribution in [0.15, 0.2) is 18.6 Å². The summed E-state index contributed by atoms with van der Waals surface area (Å²) in [6.07, 6.45) is 7.40. The Morgan fingerprint density at radius 2 is 2.20 bits per heavy atom. The van der Waals surface area contributed by atoms with E-state index in [1.165, 1.54) is 0 Å². The molecule has 0 aromatic carbocycles. The molecule has 1 fully saturated rings. The van der Waals surface area contributed by atoms with Crippen molar-refractivity contribution < 1.29 is 5.11 Å². The van der Waals surface area contributed by atoms with Gasteiger partial charge in [0.15, 0.2) is 0 Å². The molecule has 1 saturated carbocycles. The molecule has 0 atom stereocenters. The van der Waals surface area contributed by atoms with Gasteiger partial charge in [-0.05, 0) is 18.9 Å². The van der Waals surface area contributed by atoms with Crippen LogP contribution in [-0.4, -0.2) is 27.2 Å². The smallest absolute Gasteiger partial charge is 0.115 e. The largest absolute Gasteiger partial charge is 0.389 e. The van der Waals surface area contributed by atoms with Crippen molar-refractivity contribution in [1.29, 1.82) is 0 Å². The van der Waals surface area contributed by atoms with Crippen LogP contribution in [0, 0.1) is 0 Å². The number of hydrogen-bond acceptors (Lipinski definition) is 4. The van der Waals surface area contributed by atoms with Crippen LogP contribution in [0.3, 0.4) is 0 Å². The van der Waals surface area contributed by atoms with E-state index in [9.17, 15) is 5.11 Å². The molecule has 15 heavy (non-hydrogen) atoms. The fraction of sp³-hybridized carbons (Fsp3) is 0.636. The van der Waals surface area contributed by atoms with E-state index in [0.717, 1.165) is 31.4 Å². The van der Waals surface area contributed by atoms with Crippen LogP contribution in [-0.2, 0) is 6.54 Å². The fourth-order valence-corrected chi connectivity index (χ4v) is 2.06. The first-order valence-electron chi connectivity index (χ1n) is 5.47. The van der Waals surface area contributed by atoms with Gasteiger partial charge in [0.1, 0.15) is 6.33 Å². The number of aliphatic hydroxyl groups is 1. The molecular formula is C11H17N3O. The Labute approximate surface area is 89.8 Å². The second-order valence-corrected chi connectivity index (χ2v) is 4.24. The maximum absolute atomic E-state index is 10.1. The lowest BCUT2D eigenvalue weighted by molar-refractivity contribution is 0.0474. The summed E-state index contributed by atoms with van der Waals surface area (Å²) in [4.78, 5) is 7.97. The summed E-state index contributed by atoms with van der Waals surface area (Å²) >= 11 is 0. The zero-order valence-electron chi connectivity index (χ0n) is 8.82. The predicted molar refractivity (Wildman–Crippen MR) is 57.2 cm³/mol. The molecule has 4 heteroatoms. The number of nitrogens with zero attached hydrogens (tertiary/aromatic N) is 2. The van der Waals surface area contributed by atoms with Gasteiger partial charge in [-0.1, -0.05) is 12.8 Å². The molecule has 1 aromatic rings. The maximum atomic E-state index is 10.1. The van der Waals surface area contributed by atoms with Crippen molar-refractivity contribution in [2.45, 2.75) is 37.8 Å². The molecule has 1 aromatic heterocycles. The van der Waals surface area contributed by atoms with Gasteiger partial charge in [-0.2, -0.15) is 0 Å². The van der Waals surface area contributed by atoms with E-state index in [1.54, 1.807) is 12.5 Å². The van der Waals surface area contributed by atoms with Crippen LogP contribution < -0.4 is 5.32 Å². The van der Waals surface area contributed by atoms with Crippen molar-refractivity contribution in [1.82, 2.24) is 15.3 Å². The van der Waals surface area contributed by atoms with Gasteiger partial charge in [0, 0.05) is 19.3 Å². The molecule has 1 aliphatic rings. The molecule has 82 valence electrons. The summed E-state index contributed by atoms with van der Waals surface area (Å²) in [5.74, 6) is 0. The Morgan fingerprint density at radius 1 is 1.40 bits per heavy atom. The zero-order valence-corrected chi connectivity index (χ0v) is 8.82. The predicted octanol–water partition coefficient (Wildman–Crippen LogP) is 0.871. The third kappa shape index (κ3) is 2.97. The monoisotopic (exact) mass is 207 g/mol. The third-order valence-corrected chi connectivity index (χ3v) is 2.94. The number of nitrogens with one attached hydrogen (secondary N) is 1. The highest BCUT2D eigenvalue weighted by molar-refractivity contribution is 4.97. The SMILES string of the molecule is OC1(CNCc2ccncn2)CCCC1. The number of rotatable bonds is 4. The Hall–Kier alpha value is -1.00. The van der Waals surface area contributed by atoms with Gasteiger partial charge >= 0.3 is 0 Å². The summed E-state index contributed by atoms with van der Waals surface area (Å²) in [6, 6.07) is 1.88. The van der Waals surface area contributed by atoms with Crippen LogP contribution in [0.25, 0.3) is 0 Å². The van der Waals surface area contributed by atoms with E-state index in [2.05, 4.69) is 15.3 Å². The molecule has 0 aliphatic heterocycles. The van der Waals surface area contributed by atoms with E-state index in [1.807, 2.05) is 6.07 Å². The molecule has 0 radical (unpaired) electrons. The molecule has 2 N–H and O–H groups in total. The minimum atomic E-state index is -0.479. The van der Waals surface area contributed by atoms with Gasteiger partial charge in [-0.25, -0.2) is 9.97 Å². The molecule has 0 amide bonds. The summed E-state index contributed by atoms with van der Waals surface area (Å²) in [6.45, 7) is 1.36. The Bertz CT molecular complexity index is 296. The molecule has 1 heterocycles. The van der Waals surface area contributed by atoms with Crippen LogP contribution in [0.5, 0.6) is 0 Å². The first kappa shape index (κ1) is 10.5. The number of aromatic nitrogens is 2. The summed E-state index contributed by atoms with van der Waals surface area (Å²) in [7, 11) is 0. The van der Waals surface area contributed by atoms with E-state index >= 15 is 0 Å². The Balaban J connectivity index is 1.75. The standard InChI is InChI=1S/C11H17N3O/c15-11(4-1-2-5-11)8-13-7-10-3-6-12-9-14-10/h3,6,9,13,15H,1-2,4-5,7-8H2. The highest BCUT2D eigenvalue weighted by Crippen LogP contribution is 2.28. The van der Waals surface area contributed by atoms with Crippen molar-refractivity contribution in [3.8, 4) is 0 Å². The molecule has 0 unspecified atom stereocenters. The fourth-order valence-electron chi connectivity index (χ4n) is 2.06. The average Bonchev–Trinajstić information content (AvgIpc) is 2.67. The van der Waals surface area contributed by atoms with E-state index in [0.29, 0.717) is 13.1 Å². The molecule has 0 spiro atoms. The Kier molecular flexibility index (Phi) is 3.28. The third-order valence-electron chi connectivity index (χ3n) is 2.94. The van der Waals surface area contributed by atoms with Crippen LogP contribution in [0.2, 0.25) is 0 Å². The maximum Gasteiger partial charge on any atom is 0.115 e. The minimum Gasteiger partial charge on any atom is -0.389 e. The van der Waals surface area contributed by atoms with E-state index in [-0.39, 0.29) is 0 Å². The summed E-state index contributed by atoms with van der Waals surface area (Å²) in [5.41, 5.74) is 0.485. The van der Waals surface area contributed by atoms with Gasteiger partial charge in [-0.15, -0.1) is 0 Å². The van der Waals surface area contributed by atoms with E-state index in [4.69, 9.17) is 0 Å². The molecule has 2 rings (SSSR count). The van der Waals surface area contributed by atoms with Crippen molar-refractivity contribution >= 4 is 0 Å². The highest BCUT2D eigenvalue weighted by atomic mass is 16.3. The normalized spacial score (nSPS) is 19.3. The van der Waals surface area contributed by atoms with Gasteiger partial charge in [-0.3, -0.25) is 0 Å². The van der Waals surface area contributed by atoms with Crippen LogP contribution in [0.1, 0.15) is 31.4 Å². The minimum absolute atomic E-state index is 0.479. The molecular weight excluding hydrogens is 190 g/mol. The van der Waals surface area contributed by atoms with E-state index < -0.39 is 5.60 Å². The van der Waals surface area contributed by atoms with Gasteiger partial charge < -0.3 is 10.4 Å². The quantitative estimate of drug-likeness (QED) is 0.769. The second kappa shape index (κ2) is 4.68. The number of hydrogen-bond donors (Lipinski definition) is 2. The van der Waals surface area contributed by atoms with Gasteiger partial charge in [0.2, 0.25) is 0 Å². The first-order chi connectivity index (χ1) is 7.29. The lowest BCUT2D eigenvalue weighted by Crippen LogP contribution is -2.37. The average molecular weight is 207 g/mol. The molecule has 0 saturated heterocycles. The van der Waals surface area contributed by atoms with Gasteiger partial charge in [0.25, 0.3) is 0 Å². The Morgan fingerprint density at radius 3 is 2.87 bits per heavy atom.